The molecule has 0 aliphatic carbocycles. The first kappa shape index (κ1) is 33.9. The summed E-state index contributed by atoms with van der Waals surface area (Å²) in [6, 6.07) is 14.7. The van der Waals surface area contributed by atoms with Crippen LogP contribution in [-0.2, 0) is 32.0 Å². The molecule has 1 aliphatic rings. The van der Waals surface area contributed by atoms with Crippen LogP contribution in [0.15, 0.2) is 59.7 Å². The van der Waals surface area contributed by atoms with Gasteiger partial charge in [-0.1, -0.05) is 54.0 Å². The van der Waals surface area contributed by atoms with Crippen LogP contribution in [-0.4, -0.2) is 75.0 Å². The van der Waals surface area contributed by atoms with Gasteiger partial charge in [-0.2, -0.15) is 0 Å². The van der Waals surface area contributed by atoms with Crippen LogP contribution in [0.25, 0.3) is 10.4 Å². The lowest BCUT2D eigenvalue weighted by Crippen LogP contribution is -2.55. The van der Waals surface area contributed by atoms with Crippen LogP contribution >= 0.6 is 0 Å². The molecule has 0 radical (unpaired) electrons. The van der Waals surface area contributed by atoms with Crippen LogP contribution < -0.4 is 31.3 Å². The van der Waals surface area contributed by atoms with Gasteiger partial charge in [-0.15, -0.1) is 0 Å². The Morgan fingerprint density at radius 3 is 2.50 bits per heavy atom. The molecule has 13 nitrogen and oxygen atoms in total. The number of carbonyl (C=O) groups excluding carboxylic acids is 4. The number of ether oxygens (including phenoxy) is 1. The largest absolute Gasteiger partial charge is 0.492 e. The third-order valence-electron chi connectivity index (χ3n) is 6.95. The first-order valence-electron chi connectivity index (χ1n) is 15.1. The van der Waals surface area contributed by atoms with Crippen molar-refractivity contribution in [3.8, 4) is 5.75 Å². The molecule has 5 N–H and O–H groups in total. The molecular weight excluding hydrogens is 564 g/mol. The Morgan fingerprint density at radius 2 is 1.68 bits per heavy atom. The molecule has 2 bridgehead atoms. The highest BCUT2D eigenvalue weighted by atomic mass is 16.5. The summed E-state index contributed by atoms with van der Waals surface area (Å²) in [5.41, 5.74) is 10.1. The molecule has 44 heavy (non-hydrogen) atoms. The van der Waals surface area contributed by atoms with Crippen molar-refractivity contribution in [3.05, 3.63) is 76.2 Å². The lowest BCUT2D eigenvalue weighted by Gasteiger charge is -2.23. The molecule has 0 fully saturated rings. The van der Waals surface area contributed by atoms with Gasteiger partial charge in [0.05, 0.1) is 13.0 Å². The molecule has 3 rings (SSSR count). The van der Waals surface area contributed by atoms with E-state index in [9.17, 15) is 19.2 Å². The van der Waals surface area contributed by atoms with Crippen molar-refractivity contribution in [1.82, 2.24) is 26.6 Å². The maximum absolute atomic E-state index is 13.6. The molecule has 0 saturated heterocycles. The van der Waals surface area contributed by atoms with Gasteiger partial charge >= 0.3 is 0 Å². The second kappa shape index (κ2) is 19.6. The number of hydrogen-bond acceptors (Lipinski definition) is 7. The van der Waals surface area contributed by atoms with Gasteiger partial charge < -0.3 is 31.3 Å². The highest BCUT2D eigenvalue weighted by molar-refractivity contribution is 5.92. The molecule has 2 aromatic rings. The molecule has 0 unspecified atom stereocenters. The van der Waals surface area contributed by atoms with E-state index in [1.165, 1.54) is 0 Å². The van der Waals surface area contributed by atoms with Crippen molar-refractivity contribution in [2.45, 2.75) is 57.0 Å². The molecule has 0 aromatic heterocycles. The smallest absolute Gasteiger partial charge is 0.243 e. The minimum Gasteiger partial charge on any atom is -0.492 e. The number of nitrogens with one attached hydrogen (secondary N) is 5. The third kappa shape index (κ3) is 13.1. The van der Waals surface area contributed by atoms with Gasteiger partial charge in [0.15, 0.2) is 0 Å². The standard InChI is InChI=1S/C31H42N8O5/c32-39-36-15-5-4-12-26-31(43)38-27(21-23-8-2-1-3-9-23)30(42)35-17-16-33-14-7-13-28(40)34-18-19-44-25-11-6-10-24(20-25)22-29(41)37-26/h1-3,6,8-11,20,26-27,33H,4-5,7,12-19,21-22H2,(H,34,40)(H,35,42)(H,37,41)(H,38,43)/t26-,27+/m0/s1. The van der Waals surface area contributed by atoms with Gasteiger partial charge in [-0.05, 0) is 54.6 Å². The number of nitrogens with zero attached hydrogens (tertiary/aromatic N) is 3. The van der Waals surface area contributed by atoms with Crippen LogP contribution in [0.2, 0.25) is 0 Å². The van der Waals surface area contributed by atoms with E-state index in [1.807, 2.05) is 30.3 Å². The van der Waals surface area contributed by atoms with Crippen molar-refractivity contribution >= 4 is 23.6 Å². The normalized spacial score (nSPS) is 19.6. The molecular formula is C31H42N8O5. The van der Waals surface area contributed by atoms with Crippen molar-refractivity contribution in [1.29, 1.82) is 0 Å². The van der Waals surface area contributed by atoms with E-state index < -0.39 is 18.0 Å². The number of hydrogen-bond donors (Lipinski definition) is 5. The first-order chi connectivity index (χ1) is 21.4. The van der Waals surface area contributed by atoms with Gasteiger partial charge in [-0.25, -0.2) is 0 Å². The highest BCUT2D eigenvalue weighted by Gasteiger charge is 2.27. The van der Waals surface area contributed by atoms with Gasteiger partial charge in [0, 0.05) is 37.4 Å². The van der Waals surface area contributed by atoms with Gasteiger partial charge in [-0.3, -0.25) is 19.2 Å². The molecule has 1 aliphatic heterocycles. The van der Waals surface area contributed by atoms with E-state index in [0.29, 0.717) is 69.6 Å². The topological polar surface area (TPSA) is 186 Å². The Hall–Kier alpha value is -4.61. The quantitative estimate of drug-likeness (QED) is 0.139. The predicted octanol–water partition coefficient (Wildman–Crippen LogP) is 1.92. The van der Waals surface area contributed by atoms with Crippen molar-refractivity contribution in [3.63, 3.8) is 0 Å². The average Bonchev–Trinajstić information content (AvgIpc) is 3.01. The number of benzene rings is 2. The molecule has 4 amide bonds. The molecule has 13 heteroatoms. The van der Waals surface area contributed by atoms with Gasteiger partial charge in [0.25, 0.3) is 0 Å². The Morgan fingerprint density at radius 1 is 0.841 bits per heavy atom. The Balaban J connectivity index is 1.77. The number of amides is 4. The van der Waals surface area contributed by atoms with E-state index in [0.717, 1.165) is 5.56 Å². The minimum absolute atomic E-state index is 0.0113. The third-order valence-corrected chi connectivity index (χ3v) is 6.95. The summed E-state index contributed by atoms with van der Waals surface area (Å²) in [6.07, 6.45) is 2.66. The summed E-state index contributed by atoms with van der Waals surface area (Å²) >= 11 is 0. The Labute approximate surface area is 257 Å². The first-order valence-corrected chi connectivity index (χ1v) is 15.1. The van der Waals surface area contributed by atoms with Crippen LogP contribution in [0, 0.1) is 0 Å². The van der Waals surface area contributed by atoms with Crippen molar-refractivity contribution in [2.24, 2.45) is 5.11 Å². The van der Waals surface area contributed by atoms with Crippen LogP contribution in [0.5, 0.6) is 5.75 Å². The number of unbranched alkanes of at least 4 members (excludes halogenated alkanes) is 1. The Bertz CT molecular complexity index is 1270. The summed E-state index contributed by atoms with van der Waals surface area (Å²) in [5, 5.41) is 18.2. The van der Waals surface area contributed by atoms with Crippen molar-refractivity contribution < 1.29 is 23.9 Å². The second-order valence-electron chi connectivity index (χ2n) is 10.5. The maximum Gasteiger partial charge on any atom is 0.243 e. The molecule has 2 atom stereocenters. The van der Waals surface area contributed by atoms with E-state index in [1.54, 1.807) is 24.3 Å². The number of azide groups is 1. The zero-order valence-corrected chi connectivity index (χ0v) is 24.9. The molecule has 0 saturated carbocycles. The van der Waals surface area contributed by atoms with Crippen LogP contribution in [0.1, 0.15) is 43.2 Å². The number of carbonyl (C=O) groups is 4. The maximum atomic E-state index is 13.6. The van der Waals surface area contributed by atoms with Crippen LogP contribution in [0.4, 0.5) is 0 Å². The summed E-state index contributed by atoms with van der Waals surface area (Å²) in [4.78, 5) is 54.8. The minimum atomic E-state index is -0.897. The van der Waals surface area contributed by atoms with E-state index in [-0.39, 0.29) is 43.7 Å². The van der Waals surface area contributed by atoms with Gasteiger partial charge in [0.2, 0.25) is 23.6 Å². The number of rotatable bonds is 7. The Kier molecular flexibility index (Phi) is 15.1. The fraction of sp³-hybridized carbons (Fsp3) is 0.484. The zero-order valence-electron chi connectivity index (χ0n) is 24.9. The summed E-state index contributed by atoms with van der Waals surface area (Å²) in [6.45, 7) is 2.35. The average molecular weight is 607 g/mol. The SMILES string of the molecule is [N-]=[N+]=NCCCC[C@@H]1NC(=O)Cc2cccc(c2)OCCNC(=O)CCCNCCNC(=O)[C@@H](Cc2ccccc2)NC1=O. The second-order valence-corrected chi connectivity index (χ2v) is 10.5. The molecule has 236 valence electrons. The fourth-order valence-corrected chi connectivity index (χ4v) is 4.70. The molecule has 0 spiro atoms. The van der Waals surface area contributed by atoms with Gasteiger partial charge in [0.1, 0.15) is 24.4 Å². The molecule has 2 aromatic carbocycles. The summed E-state index contributed by atoms with van der Waals surface area (Å²) < 4.78 is 5.75. The highest BCUT2D eigenvalue weighted by Crippen LogP contribution is 2.14. The molecule has 1 heterocycles. The lowest BCUT2D eigenvalue weighted by molar-refractivity contribution is -0.132. The van der Waals surface area contributed by atoms with Crippen LogP contribution in [0.3, 0.4) is 0 Å². The van der Waals surface area contributed by atoms with E-state index in [4.69, 9.17) is 10.3 Å². The summed E-state index contributed by atoms with van der Waals surface area (Å²) in [7, 11) is 0. The van der Waals surface area contributed by atoms with Crippen molar-refractivity contribution in [2.75, 3.05) is 39.3 Å². The van der Waals surface area contributed by atoms with E-state index in [2.05, 4.69) is 36.6 Å². The van der Waals surface area contributed by atoms with E-state index >= 15 is 0 Å². The number of fused-ring (bicyclic) bond motifs is 2. The fourth-order valence-electron chi connectivity index (χ4n) is 4.70. The monoisotopic (exact) mass is 606 g/mol. The lowest BCUT2D eigenvalue weighted by atomic mass is 10.0. The summed E-state index contributed by atoms with van der Waals surface area (Å²) in [5.74, 6) is -0.678. The predicted molar refractivity (Wildman–Crippen MR) is 166 cm³/mol. The zero-order chi connectivity index (χ0) is 31.4.